The first-order chi connectivity index (χ1) is 62.3. The van der Waals surface area contributed by atoms with Gasteiger partial charge < -0.3 is 0 Å². The van der Waals surface area contributed by atoms with E-state index in [1.54, 1.807) is 68.0 Å². The molecule has 0 nitrogen and oxygen atoms in total. The predicted molar refractivity (Wildman–Crippen MR) is 555 cm³/mol. The zero-order chi connectivity index (χ0) is 82.9. The molecule has 588 valence electrons. The van der Waals surface area contributed by atoms with Crippen molar-refractivity contribution in [2.45, 2.75) is 0 Å². The van der Waals surface area contributed by atoms with Crippen LogP contribution in [0.5, 0.6) is 0 Å². The number of benzene rings is 20. The monoisotopic (exact) mass is 1700 g/mol. The summed E-state index contributed by atoms with van der Waals surface area (Å²) in [6.45, 7) is 0. The number of rotatable bonds is 12. The number of thiophene rings is 6. The summed E-state index contributed by atoms with van der Waals surface area (Å²) in [7, 11) is 0. The lowest BCUT2D eigenvalue weighted by Crippen LogP contribution is -1.90. The minimum Gasteiger partial charge on any atom is -0.151 e. The molecule has 0 fully saturated rings. The third-order valence-electron chi connectivity index (χ3n) is 25.9. The second kappa shape index (κ2) is 30.9. The van der Waals surface area contributed by atoms with Crippen molar-refractivity contribution in [2.24, 2.45) is 0 Å². The van der Waals surface area contributed by atoms with Crippen LogP contribution in [0.4, 0.5) is 0 Å². The third kappa shape index (κ3) is 13.3. The second-order valence-corrected chi connectivity index (χ2v) is 37.7. The molecular formula is C120H72S6. The summed E-state index contributed by atoms with van der Waals surface area (Å²) in [4.78, 5) is 0. The van der Waals surface area contributed by atoms with Crippen LogP contribution in [0, 0.1) is 0 Å². The smallest absolute Gasteiger partial charge is 0.000809 e. The van der Waals surface area contributed by atoms with Crippen molar-refractivity contribution in [2.75, 3.05) is 0 Å². The normalized spacial score (nSPS) is 11.8. The highest BCUT2D eigenvalue weighted by atomic mass is 32.1. The van der Waals surface area contributed by atoms with E-state index in [1.165, 1.54) is 263 Å². The lowest BCUT2D eigenvalue weighted by Gasteiger charge is -2.15. The Hall–Kier alpha value is -14.3. The molecular weight excluding hydrogens is 1630 g/mol. The average Bonchev–Trinajstić information content (AvgIpc) is 1.51. The molecule has 0 aliphatic carbocycles. The van der Waals surface area contributed by atoms with Gasteiger partial charge in [0.2, 0.25) is 0 Å². The van der Waals surface area contributed by atoms with E-state index < -0.39 is 0 Å². The molecule has 0 bridgehead atoms. The van der Waals surface area contributed by atoms with Crippen LogP contribution in [0.15, 0.2) is 429 Å². The van der Waals surface area contributed by atoms with Gasteiger partial charge in [0.25, 0.3) is 0 Å². The van der Waals surface area contributed by atoms with Crippen molar-refractivity contribution in [3.8, 4) is 134 Å². The van der Waals surface area contributed by atoms with Gasteiger partial charge in [-0.1, -0.05) is 237 Å². The van der Waals surface area contributed by atoms with Gasteiger partial charge in [-0.2, -0.15) is 68.0 Å². The highest BCUT2D eigenvalue weighted by Crippen LogP contribution is 2.51. The molecule has 6 aromatic heterocycles. The maximum atomic E-state index is 2.44. The summed E-state index contributed by atoms with van der Waals surface area (Å²) in [6, 6.07) is 136. The van der Waals surface area contributed by atoms with Gasteiger partial charge in [-0.3, -0.25) is 0 Å². The van der Waals surface area contributed by atoms with E-state index in [-0.39, 0.29) is 0 Å². The van der Waals surface area contributed by atoms with Crippen molar-refractivity contribution in [1.29, 1.82) is 0 Å². The van der Waals surface area contributed by atoms with Gasteiger partial charge in [-0.05, 0) is 388 Å². The quantitative estimate of drug-likeness (QED) is 0.107. The van der Waals surface area contributed by atoms with Crippen LogP contribution in [0.3, 0.4) is 0 Å². The van der Waals surface area contributed by atoms with Crippen molar-refractivity contribution in [3.05, 3.63) is 429 Å². The van der Waals surface area contributed by atoms with Gasteiger partial charge in [0.05, 0.1) is 0 Å². The Morgan fingerprint density at radius 1 is 0.0952 bits per heavy atom. The van der Waals surface area contributed by atoms with Gasteiger partial charge in [-0.15, -0.1) is 0 Å². The van der Waals surface area contributed by atoms with Gasteiger partial charge >= 0.3 is 0 Å². The zero-order valence-electron chi connectivity index (χ0n) is 68.0. The van der Waals surface area contributed by atoms with E-state index in [0.717, 1.165) is 0 Å². The van der Waals surface area contributed by atoms with Gasteiger partial charge in [0, 0.05) is 66.8 Å². The van der Waals surface area contributed by atoms with Crippen LogP contribution in [0.1, 0.15) is 0 Å². The average molecular weight is 1710 g/mol. The molecule has 0 saturated heterocycles. The Kier molecular flexibility index (Phi) is 18.2. The van der Waals surface area contributed by atoms with E-state index in [2.05, 4.69) is 429 Å². The number of hydrogen-bond acceptors (Lipinski definition) is 6. The Bertz CT molecular complexity index is 8050. The summed E-state index contributed by atoms with van der Waals surface area (Å²) >= 11 is 10.7. The number of fused-ring (bicyclic) bond motifs is 12. The van der Waals surface area contributed by atoms with Gasteiger partial charge in [0.15, 0.2) is 0 Å². The highest BCUT2D eigenvalue weighted by Gasteiger charge is 2.24. The third-order valence-corrected chi connectivity index (χ3v) is 30.3. The van der Waals surface area contributed by atoms with Crippen LogP contribution in [0.25, 0.3) is 263 Å². The summed E-state index contributed by atoms with van der Waals surface area (Å²) in [5.74, 6) is 0. The van der Waals surface area contributed by atoms with E-state index in [4.69, 9.17) is 0 Å². The zero-order valence-corrected chi connectivity index (χ0v) is 72.9. The van der Waals surface area contributed by atoms with E-state index in [9.17, 15) is 0 Å². The van der Waals surface area contributed by atoms with Crippen LogP contribution in [-0.4, -0.2) is 0 Å². The first-order valence-electron chi connectivity index (χ1n) is 42.6. The van der Waals surface area contributed by atoms with Crippen molar-refractivity contribution in [3.63, 3.8) is 0 Å². The fourth-order valence-electron chi connectivity index (χ4n) is 19.5. The molecule has 0 spiro atoms. The Morgan fingerprint density at radius 2 is 0.262 bits per heavy atom. The van der Waals surface area contributed by atoms with E-state index >= 15 is 0 Å². The van der Waals surface area contributed by atoms with Gasteiger partial charge in [-0.25, -0.2) is 0 Å². The van der Waals surface area contributed by atoms with Gasteiger partial charge in [0.1, 0.15) is 0 Å². The standard InChI is InChI=1S/2C60H36S3/c1-4-13-40-28-52-43(22-37(40)10-1)16-7-19-49(52)58-34-61-31-55(58)46-25-47(56-32-62-35-59(56)50-20-8-17-44-23-38-11-2-5-14-41(38)29-53(44)50)27-48(26-46)57-33-63-36-60(57)51-21-9-18-45-24-39-12-3-6-15-42(39)30-54(45)51;1-4-10-40-22-49-25-46(16-13-43(49)19-37(40)7-1)55-31-61-34-58(55)52-28-53(59-35-62-32-56(59)47-17-14-44-20-38-8-2-5-11-41(38)23-50(44)26-47)30-54(29-52)60-36-63-33-57(60)48-18-15-45-21-39-9-3-6-12-42(39)24-51(45)27-48/h2*1-36H. The molecule has 0 aliphatic rings. The molecule has 6 heteroatoms. The van der Waals surface area contributed by atoms with Crippen LogP contribution in [0.2, 0.25) is 0 Å². The van der Waals surface area contributed by atoms with Crippen molar-refractivity contribution >= 4 is 197 Å². The highest BCUT2D eigenvalue weighted by molar-refractivity contribution is 7.10. The molecule has 26 aromatic rings. The van der Waals surface area contributed by atoms with Crippen molar-refractivity contribution < 1.29 is 0 Å². The van der Waals surface area contributed by atoms with Crippen LogP contribution < -0.4 is 0 Å². The molecule has 26 rings (SSSR count). The van der Waals surface area contributed by atoms with Crippen LogP contribution >= 0.6 is 68.0 Å². The largest absolute Gasteiger partial charge is 0.151 e. The minimum absolute atomic E-state index is 1.22. The number of hydrogen-bond donors (Lipinski definition) is 0. The SMILES string of the molecule is c1ccc2cc3c(-c4cscc4-c4cc(-c5cscc5-c5cccc6cc7ccccc7cc56)cc(-c5cscc5-c5cccc6cc7ccccc7cc56)c4)cccc3cc2c1.c1ccc2cc3cc(-c4cscc4-c4cc(-c5cscc5-c5ccc6cc7ccccc7cc6c5)cc(-c5cscc5-c5ccc6cc7ccccc7cc6c5)c4)ccc3cc2c1. The molecule has 20 aromatic carbocycles. The van der Waals surface area contributed by atoms with Crippen molar-refractivity contribution in [1.82, 2.24) is 0 Å². The first-order valence-corrected chi connectivity index (χ1v) is 48.3. The molecule has 0 radical (unpaired) electrons. The molecule has 6 heterocycles. The summed E-state index contributed by atoms with van der Waals surface area (Å²) in [5.41, 5.74) is 30.0. The van der Waals surface area contributed by atoms with E-state index in [1.807, 2.05) is 0 Å². The first kappa shape index (κ1) is 74.4. The Morgan fingerprint density at radius 3 is 0.492 bits per heavy atom. The Balaban J connectivity index is 0.000000137. The molecule has 0 N–H and O–H groups in total. The summed E-state index contributed by atoms with van der Waals surface area (Å²) in [5, 5.41) is 58.5. The fourth-order valence-corrected chi connectivity index (χ4v) is 24.7. The predicted octanol–water partition coefficient (Wildman–Crippen LogP) is 37.6. The fraction of sp³-hybridized carbons (Fsp3) is 0. The molecule has 126 heavy (non-hydrogen) atoms. The topological polar surface area (TPSA) is 0 Å². The summed E-state index contributed by atoms with van der Waals surface area (Å²) < 4.78 is 0. The van der Waals surface area contributed by atoms with Crippen LogP contribution in [-0.2, 0) is 0 Å². The maximum Gasteiger partial charge on any atom is 0.000809 e. The minimum atomic E-state index is 1.22. The maximum absolute atomic E-state index is 2.44. The Labute approximate surface area is 752 Å². The second-order valence-electron chi connectivity index (χ2n) is 33.3. The summed E-state index contributed by atoms with van der Waals surface area (Å²) in [6.07, 6.45) is 0. The lowest BCUT2D eigenvalue weighted by atomic mass is 9.87. The molecule has 0 unspecified atom stereocenters. The van der Waals surface area contributed by atoms with E-state index in [0.29, 0.717) is 0 Å². The lowest BCUT2D eigenvalue weighted by molar-refractivity contribution is 1.61. The molecule has 0 atom stereocenters. The molecule has 0 amide bonds. The molecule has 0 saturated carbocycles. The molecule has 0 aliphatic heterocycles.